The highest BCUT2D eigenvalue weighted by atomic mass is 16.3. The first-order valence-electron chi connectivity index (χ1n) is 9.20. The number of para-hydroxylation sites is 1. The average molecular weight is 371 g/mol. The molecule has 0 spiro atoms. The number of hydrogen-bond acceptors (Lipinski definition) is 2. The maximum absolute atomic E-state index is 12.7. The number of aromatic amines is 2. The third kappa shape index (κ3) is 3.26. The van der Waals surface area contributed by atoms with Gasteiger partial charge >= 0.3 is 0 Å². The highest BCUT2D eigenvalue weighted by Crippen LogP contribution is 2.26. The molecule has 2 aromatic heterocycles. The number of aliphatic hydroxyl groups excluding tert-OH is 1. The second-order valence-corrected chi connectivity index (χ2v) is 6.76. The van der Waals surface area contributed by atoms with Crippen LogP contribution in [-0.4, -0.2) is 45.6 Å². The quantitative estimate of drug-likeness (QED) is 0.455. The van der Waals surface area contributed by atoms with Crippen LogP contribution in [0.4, 0.5) is 0 Å². The van der Waals surface area contributed by atoms with Crippen LogP contribution in [0.3, 0.4) is 0 Å². The molecule has 4 aromatic rings. The molecule has 0 saturated carbocycles. The first kappa shape index (κ1) is 17.9. The Balaban J connectivity index is 1.63. The third-order valence-electron chi connectivity index (χ3n) is 5.01. The smallest absolute Gasteiger partial charge is 0.254 e. The molecule has 0 saturated heterocycles. The first-order chi connectivity index (χ1) is 13.7. The molecule has 3 N–H and O–H groups in total. The molecule has 0 fully saturated rings. The SMILES string of the molecule is C#CCN(CCO)C(=O)c1ccc2c(Cc3c[nH]c4ccccc34)c[nH]c2c1. The predicted octanol–water partition coefficient (Wildman–Crippen LogP) is 3.31. The molecule has 0 bridgehead atoms. The van der Waals surface area contributed by atoms with Crippen molar-refractivity contribution in [1.29, 1.82) is 0 Å². The molecule has 0 aliphatic carbocycles. The Bertz CT molecular complexity index is 1180. The monoisotopic (exact) mass is 371 g/mol. The van der Waals surface area contributed by atoms with Gasteiger partial charge in [0.1, 0.15) is 0 Å². The number of rotatable bonds is 6. The summed E-state index contributed by atoms with van der Waals surface area (Å²) in [6.07, 6.45) is 10.2. The maximum atomic E-state index is 12.7. The molecule has 2 aromatic carbocycles. The van der Waals surface area contributed by atoms with E-state index in [4.69, 9.17) is 11.5 Å². The van der Waals surface area contributed by atoms with E-state index in [2.05, 4.69) is 28.0 Å². The molecule has 2 heterocycles. The van der Waals surface area contributed by atoms with Crippen molar-refractivity contribution in [3.63, 3.8) is 0 Å². The molecule has 28 heavy (non-hydrogen) atoms. The van der Waals surface area contributed by atoms with Crippen LogP contribution in [0.2, 0.25) is 0 Å². The first-order valence-corrected chi connectivity index (χ1v) is 9.20. The lowest BCUT2D eigenvalue weighted by molar-refractivity contribution is 0.0746. The van der Waals surface area contributed by atoms with Gasteiger partial charge in [0, 0.05) is 52.7 Å². The average Bonchev–Trinajstić information content (AvgIpc) is 3.32. The summed E-state index contributed by atoms with van der Waals surface area (Å²) in [7, 11) is 0. The van der Waals surface area contributed by atoms with Crippen LogP contribution < -0.4 is 0 Å². The van der Waals surface area contributed by atoms with Gasteiger partial charge in [0.15, 0.2) is 0 Å². The highest BCUT2D eigenvalue weighted by molar-refractivity contribution is 5.98. The van der Waals surface area contributed by atoms with Gasteiger partial charge in [-0.2, -0.15) is 0 Å². The number of benzene rings is 2. The van der Waals surface area contributed by atoms with Crippen molar-refractivity contribution in [2.45, 2.75) is 6.42 Å². The van der Waals surface area contributed by atoms with Crippen molar-refractivity contribution < 1.29 is 9.90 Å². The molecular weight excluding hydrogens is 350 g/mol. The molecule has 0 aliphatic rings. The molecule has 0 aliphatic heterocycles. The van der Waals surface area contributed by atoms with Crippen molar-refractivity contribution in [2.24, 2.45) is 0 Å². The Morgan fingerprint density at radius 1 is 1.04 bits per heavy atom. The molecule has 5 nitrogen and oxygen atoms in total. The zero-order valence-electron chi connectivity index (χ0n) is 15.4. The fourth-order valence-electron chi connectivity index (χ4n) is 3.61. The largest absolute Gasteiger partial charge is 0.395 e. The number of hydrogen-bond donors (Lipinski definition) is 3. The molecule has 0 atom stereocenters. The van der Waals surface area contributed by atoms with Gasteiger partial charge < -0.3 is 20.0 Å². The standard InChI is InChI=1S/C23H21N3O2/c1-2-9-26(10-11-27)23(28)16-7-8-20-18(15-25-22(20)13-16)12-17-14-24-21-6-4-3-5-19(17)21/h1,3-8,13-15,24-25,27H,9-12H2. The van der Waals surface area contributed by atoms with E-state index in [0.29, 0.717) is 5.56 Å². The normalized spacial score (nSPS) is 11.0. The summed E-state index contributed by atoms with van der Waals surface area (Å²) in [6, 6.07) is 13.9. The zero-order valence-corrected chi connectivity index (χ0v) is 15.4. The lowest BCUT2D eigenvalue weighted by atomic mass is 10.0. The second kappa shape index (κ2) is 7.63. The number of carbonyl (C=O) groups excluding carboxylic acids is 1. The molecule has 1 amide bonds. The molecule has 5 heteroatoms. The van der Waals surface area contributed by atoms with Crippen LogP contribution in [-0.2, 0) is 6.42 Å². The molecule has 140 valence electrons. The van der Waals surface area contributed by atoms with Crippen molar-refractivity contribution in [2.75, 3.05) is 19.7 Å². The minimum absolute atomic E-state index is 0.118. The van der Waals surface area contributed by atoms with E-state index in [1.807, 2.05) is 42.7 Å². The number of carbonyl (C=O) groups is 1. The predicted molar refractivity (Wildman–Crippen MR) is 111 cm³/mol. The van der Waals surface area contributed by atoms with Gasteiger partial charge in [-0.05, 0) is 29.3 Å². The van der Waals surface area contributed by atoms with Gasteiger partial charge in [-0.1, -0.05) is 30.2 Å². The van der Waals surface area contributed by atoms with E-state index in [9.17, 15) is 4.79 Å². The number of fused-ring (bicyclic) bond motifs is 2. The van der Waals surface area contributed by atoms with Crippen LogP contribution >= 0.6 is 0 Å². The number of nitrogens with one attached hydrogen (secondary N) is 2. The van der Waals surface area contributed by atoms with Crippen LogP contribution in [0.25, 0.3) is 21.8 Å². The van der Waals surface area contributed by atoms with Crippen LogP contribution in [0.15, 0.2) is 54.9 Å². The highest BCUT2D eigenvalue weighted by Gasteiger charge is 2.16. The third-order valence-corrected chi connectivity index (χ3v) is 5.01. The van der Waals surface area contributed by atoms with Crippen molar-refractivity contribution in [3.8, 4) is 12.3 Å². The van der Waals surface area contributed by atoms with Gasteiger partial charge in [-0.25, -0.2) is 0 Å². The topological polar surface area (TPSA) is 72.1 Å². The van der Waals surface area contributed by atoms with Crippen molar-refractivity contribution in [3.05, 3.63) is 71.5 Å². The summed E-state index contributed by atoms with van der Waals surface area (Å²) in [4.78, 5) is 20.7. The summed E-state index contributed by atoms with van der Waals surface area (Å²) in [5, 5.41) is 11.5. The Hall–Kier alpha value is -3.49. The van der Waals surface area contributed by atoms with Crippen LogP contribution in [0, 0.1) is 12.3 Å². The lowest BCUT2D eigenvalue weighted by Gasteiger charge is -2.19. The molecular formula is C23H21N3O2. The minimum atomic E-state index is -0.179. The van der Waals surface area contributed by atoms with E-state index in [0.717, 1.165) is 22.8 Å². The van der Waals surface area contributed by atoms with E-state index in [-0.39, 0.29) is 25.6 Å². The lowest BCUT2D eigenvalue weighted by Crippen LogP contribution is -2.33. The summed E-state index contributed by atoms with van der Waals surface area (Å²) < 4.78 is 0. The van der Waals surface area contributed by atoms with E-state index >= 15 is 0 Å². The van der Waals surface area contributed by atoms with E-state index in [1.54, 1.807) is 0 Å². The van der Waals surface area contributed by atoms with Crippen LogP contribution in [0.5, 0.6) is 0 Å². The zero-order chi connectivity index (χ0) is 19.5. The van der Waals surface area contributed by atoms with Gasteiger partial charge in [0.25, 0.3) is 5.91 Å². The number of aliphatic hydroxyl groups is 1. The minimum Gasteiger partial charge on any atom is -0.395 e. The van der Waals surface area contributed by atoms with Crippen molar-refractivity contribution >= 4 is 27.7 Å². The Morgan fingerprint density at radius 3 is 2.50 bits per heavy atom. The second-order valence-electron chi connectivity index (χ2n) is 6.76. The van der Waals surface area contributed by atoms with Gasteiger partial charge in [0.2, 0.25) is 0 Å². The van der Waals surface area contributed by atoms with Crippen molar-refractivity contribution in [1.82, 2.24) is 14.9 Å². The summed E-state index contributed by atoms with van der Waals surface area (Å²) in [6.45, 7) is 0.276. The fraction of sp³-hybridized carbons (Fsp3) is 0.174. The van der Waals surface area contributed by atoms with E-state index < -0.39 is 0 Å². The molecule has 4 rings (SSSR count). The van der Waals surface area contributed by atoms with Gasteiger partial charge in [-0.15, -0.1) is 6.42 Å². The number of aromatic nitrogens is 2. The summed E-state index contributed by atoms with van der Waals surface area (Å²) in [5.74, 6) is 2.29. The molecule has 0 radical (unpaired) electrons. The number of H-pyrrole nitrogens is 2. The fourth-order valence-corrected chi connectivity index (χ4v) is 3.61. The van der Waals surface area contributed by atoms with Gasteiger partial charge in [-0.3, -0.25) is 4.79 Å². The van der Waals surface area contributed by atoms with Gasteiger partial charge in [0.05, 0.1) is 13.2 Å². The number of amides is 1. The molecule has 0 unspecified atom stereocenters. The Morgan fingerprint density at radius 2 is 1.75 bits per heavy atom. The number of terminal acetylenes is 1. The van der Waals surface area contributed by atoms with E-state index in [1.165, 1.54) is 21.4 Å². The number of nitrogens with zero attached hydrogens (tertiary/aromatic N) is 1. The van der Waals surface area contributed by atoms with Crippen LogP contribution in [0.1, 0.15) is 21.5 Å². The Kier molecular flexibility index (Phi) is 4.88. The Labute approximate surface area is 163 Å². The summed E-state index contributed by atoms with van der Waals surface area (Å²) >= 11 is 0. The summed E-state index contributed by atoms with van der Waals surface area (Å²) in [5.41, 5.74) is 5.00. The maximum Gasteiger partial charge on any atom is 0.254 e.